The van der Waals surface area contributed by atoms with Crippen LogP contribution in [0.4, 0.5) is 0 Å². The van der Waals surface area contributed by atoms with E-state index in [0.29, 0.717) is 21.6 Å². The molecule has 0 aromatic heterocycles. The zero-order valence-corrected chi connectivity index (χ0v) is 12.4. The normalized spacial score (nSPS) is 29.2. The Kier molecular flexibility index (Phi) is 3.24. The molecule has 1 aromatic rings. The Bertz CT molecular complexity index is 389. The first-order valence-corrected chi connectivity index (χ1v) is 7.92. The fraction of sp³-hybridized carbons (Fsp3) is 0.538. The van der Waals surface area contributed by atoms with Crippen LogP contribution < -0.4 is 0 Å². The van der Waals surface area contributed by atoms with Gasteiger partial charge in [-0.1, -0.05) is 44.0 Å². The number of hydrogen-bond acceptors (Lipinski definition) is 0. The van der Waals surface area contributed by atoms with E-state index in [0.717, 1.165) is 15.3 Å². The minimum Gasteiger partial charge on any atom is -0.0843 e. The topological polar surface area (TPSA) is 0 Å². The Hall–Kier alpha value is 0.150. The molecule has 1 heterocycles. The predicted molar refractivity (Wildman–Crippen MR) is 75.7 cm³/mol. The lowest BCUT2D eigenvalue weighted by atomic mass is 9.89. The highest BCUT2D eigenvalue weighted by atomic mass is 35.5. The van der Waals surface area contributed by atoms with Gasteiger partial charge < -0.3 is 0 Å². The fourth-order valence-corrected chi connectivity index (χ4v) is 6.18. The van der Waals surface area contributed by atoms with Crippen molar-refractivity contribution < 1.29 is 0 Å². The lowest BCUT2D eigenvalue weighted by Crippen LogP contribution is -2.15. The molecule has 0 nitrogen and oxygen atoms in total. The molecule has 0 N–H and O–H groups in total. The molecule has 0 spiro atoms. The maximum absolute atomic E-state index is 6.05. The van der Waals surface area contributed by atoms with Gasteiger partial charge in [-0.15, -0.1) is 0 Å². The van der Waals surface area contributed by atoms with Crippen LogP contribution in [0.3, 0.4) is 0 Å². The van der Waals surface area contributed by atoms with Crippen LogP contribution in [-0.2, 0) is 10.9 Å². The molecular formula is C13H17Cl2S+. The predicted octanol–water partition coefficient (Wildman–Crippen LogP) is 4.71. The van der Waals surface area contributed by atoms with Crippen molar-refractivity contribution in [1.29, 1.82) is 0 Å². The lowest BCUT2D eigenvalue weighted by molar-refractivity contribution is 0.417. The van der Waals surface area contributed by atoms with E-state index in [9.17, 15) is 0 Å². The van der Waals surface area contributed by atoms with Gasteiger partial charge in [0.15, 0.2) is 10.5 Å². The maximum Gasteiger partial charge on any atom is 0.191 e. The van der Waals surface area contributed by atoms with Crippen LogP contribution >= 0.6 is 23.2 Å². The quantitative estimate of drug-likeness (QED) is 0.514. The molecule has 1 aliphatic rings. The Morgan fingerprint density at radius 2 is 1.56 bits per heavy atom. The molecule has 16 heavy (non-hydrogen) atoms. The third-order valence-corrected chi connectivity index (χ3v) is 6.31. The van der Waals surface area contributed by atoms with Crippen molar-refractivity contribution in [2.24, 2.45) is 5.41 Å². The summed E-state index contributed by atoms with van der Waals surface area (Å²) < 4.78 is 0. The second kappa shape index (κ2) is 4.12. The van der Waals surface area contributed by atoms with Gasteiger partial charge in [-0.3, -0.25) is 0 Å². The van der Waals surface area contributed by atoms with E-state index in [1.165, 1.54) is 5.56 Å². The molecular weight excluding hydrogens is 259 g/mol. The molecule has 1 fully saturated rings. The molecule has 1 saturated heterocycles. The molecule has 0 saturated carbocycles. The second-order valence-corrected chi connectivity index (χ2v) is 8.62. The zero-order chi connectivity index (χ0) is 12.1. The average Bonchev–Trinajstić information content (AvgIpc) is 2.74. The van der Waals surface area contributed by atoms with Crippen LogP contribution in [0, 0.1) is 5.41 Å². The highest BCUT2D eigenvalue weighted by Crippen LogP contribution is 2.56. The first kappa shape index (κ1) is 12.6. The van der Waals surface area contributed by atoms with Crippen molar-refractivity contribution in [2.75, 3.05) is 6.26 Å². The van der Waals surface area contributed by atoms with Crippen LogP contribution in [0.25, 0.3) is 0 Å². The minimum absolute atomic E-state index is 0.372. The Labute approximate surface area is 111 Å². The van der Waals surface area contributed by atoms with Crippen molar-refractivity contribution in [3.05, 3.63) is 33.8 Å². The summed E-state index contributed by atoms with van der Waals surface area (Å²) in [6, 6.07) is 5.93. The van der Waals surface area contributed by atoms with E-state index in [1.54, 1.807) is 6.07 Å². The van der Waals surface area contributed by atoms with Gasteiger partial charge in [-0.25, -0.2) is 0 Å². The number of rotatable bonds is 1. The zero-order valence-electron chi connectivity index (χ0n) is 10.1. The summed E-state index contributed by atoms with van der Waals surface area (Å²) in [6.07, 6.45) is 2.34. The van der Waals surface area contributed by atoms with Crippen LogP contribution in [0.1, 0.15) is 31.6 Å². The summed E-state index contributed by atoms with van der Waals surface area (Å²) >= 11 is 12.1. The van der Waals surface area contributed by atoms with Crippen molar-refractivity contribution in [1.82, 2.24) is 0 Å². The third kappa shape index (κ3) is 2.37. The minimum atomic E-state index is 0.372. The largest absolute Gasteiger partial charge is 0.191 e. The van der Waals surface area contributed by atoms with Crippen LogP contribution in [0.15, 0.2) is 18.2 Å². The van der Waals surface area contributed by atoms with Gasteiger partial charge in [0.1, 0.15) is 0 Å². The molecule has 0 amide bonds. The van der Waals surface area contributed by atoms with E-state index in [1.807, 2.05) is 0 Å². The van der Waals surface area contributed by atoms with E-state index in [4.69, 9.17) is 23.2 Å². The summed E-state index contributed by atoms with van der Waals surface area (Å²) in [5.41, 5.74) is 1.68. The second-order valence-electron chi connectivity index (χ2n) is 5.52. The number of halogens is 2. The summed E-state index contributed by atoms with van der Waals surface area (Å²) in [5.74, 6) is 0. The Morgan fingerprint density at radius 3 is 1.94 bits per heavy atom. The molecule has 1 aromatic carbocycles. The maximum atomic E-state index is 6.05. The van der Waals surface area contributed by atoms with E-state index in [-0.39, 0.29) is 0 Å². The van der Waals surface area contributed by atoms with Gasteiger partial charge in [0.25, 0.3) is 0 Å². The van der Waals surface area contributed by atoms with Crippen molar-refractivity contribution in [3.8, 4) is 0 Å². The summed E-state index contributed by atoms with van der Waals surface area (Å²) in [7, 11) is 0.459. The van der Waals surface area contributed by atoms with Gasteiger partial charge in [0, 0.05) is 31.9 Å². The number of hydrogen-bond donors (Lipinski definition) is 0. The monoisotopic (exact) mass is 275 g/mol. The standard InChI is InChI=1S/C13H17Cl2S/c1-13(2,3)12-11(16(12)4)8-5-9(14)7-10(15)6-8/h5-7,11-12H,1-4H3/q+1/t11-,12-,16?/m0/s1. The fourth-order valence-electron chi connectivity index (χ4n) is 2.44. The summed E-state index contributed by atoms with van der Waals surface area (Å²) in [5, 5.41) is 2.91. The Balaban J connectivity index is 2.27. The van der Waals surface area contributed by atoms with Crippen LogP contribution in [-0.4, -0.2) is 11.5 Å². The first-order valence-electron chi connectivity index (χ1n) is 5.40. The Morgan fingerprint density at radius 1 is 1.06 bits per heavy atom. The molecule has 88 valence electrons. The van der Waals surface area contributed by atoms with Gasteiger partial charge in [0.2, 0.25) is 0 Å². The van der Waals surface area contributed by atoms with Crippen molar-refractivity contribution in [3.63, 3.8) is 0 Å². The van der Waals surface area contributed by atoms with E-state index in [2.05, 4.69) is 39.2 Å². The van der Waals surface area contributed by atoms with E-state index < -0.39 is 0 Å². The van der Waals surface area contributed by atoms with Crippen molar-refractivity contribution in [2.45, 2.75) is 31.3 Å². The van der Waals surface area contributed by atoms with Crippen LogP contribution in [0.5, 0.6) is 0 Å². The number of benzene rings is 1. The molecule has 3 atom stereocenters. The molecule has 0 aliphatic carbocycles. The lowest BCUT2D eigenvalue weighted by Gasteiger charge is -2.11. The molecule has 0 radical (unpaired) electrons. The van der Waals surface area contributed by atoms with Gasteiger partial charge in [-0.2, -0.15) is 0 Å². The highest BCUT2D eigenvalue weighted by Gasteiger charge is 2.65. The van der Waals surface area contributed by atoms with E-state index >= 15 is 0 Å². The molecule has 0 bridgehead atoms. The summed E-state index contributed by atoms with van der Waals surface area (Å²) in [6.45, 7) is 6.94. The summed E-state index contributed by atoms with van der Waals surface area (Å²) in [4.78, 5) is 0. The SMILES string of the molecule is C[S+]1[C@H](C(C)(C)C)[C@@H]1c1cc(Cl)cc(Cl)c1. The highest BCUT2D eigenvalue weighted by molar-refractivity contribution is 8.04. The van der Waals surface area contributed by atoms with Gasteiger partial charge in [0.05, 0.1) is 6.26 Å². The first-order chi connectivity index (χ1) is 7.30. The van der Waals surface area contributed by atoms with Crippen molar-refractivity contribution >= 4 is 34.1 Å². The van der Waals surface area contributed by atoms with Crippen LogP contribution in [0.2, 0.25) is 10.0 Å². The average molecular weight is 276 g/mol. The molecule has 2 rings (SSSR count). The smallest absolute Gasteiger partial charge is 0.0843 e. The van der Waals surface area contributed by atoms with Gasteiger partial charge >= 0.3 is 0 Å². The molecule has 3 heteroatoms. The molecule has 1 aliphatic heterocycles. The third-order valence-electron chi connectivity index (χ3n) is 3.07. The van der Waals surface area contributed by atoms with Gasteiger partial charge in [-0.05, 0) is 18.2 Å². The molecule has 1 unspecified atom stereocenters.